The molecule has 0 aliphatic heterocycles. The number of benzene rings is 1. The van der Waals surface area contributed by atoms with Crippen LogP contribution < -0.4 is 5.32 Å². The SMILES string of the molecule is O=S(=O)(O)CCCN[C@@H](O)CCc1ccccc1. The van der Waals surface area contributed by atoms with Crippen molar-refractivity contribution in [2.75, 3.05) is 12.3 Å². The van der Waals surface area contributed by atoms with E-state index in [9.17, 15) is 13.5 Å². The van der Waals surface area contributed by atoms with Gasteiger partial charge in [-0.2, -0.15) is 8.42 Å². The summed E-state index contributed by atoms with van der Waals surface area (Å²) in [5.41, 5.74) is 1.15. The molecule has 0 bridgehead atoms. The minimum atomic E-state index is -3.90. The van der Waals surface area contributed by atoms with Gasteiger partial charge in [-0.05, 0) is 31.4 Å². The van der Waals surface area contributed by atoms with E-state index in [1.165, 1.54) is 0 Å². The molecule has 0 aromatic heterocycles. The third-order valence-corrected chi connectivity index (χ3v) is 3.31. The Balaban J connectivity index is 2.13. The lowest BCUT2D eigenvalue weighted by Gasteiger charge is -2.12. The smallest absolute Gasteiger partial charge is 0.264 e. The molecule has 6 heteroatoms. The van der Waals surface area contributed by atoms with Gasteiger partial charge in [-0.3, -0.25) is 9.87 Å². The maximum absolute atomic E-state index is 10.5. The predicted octanol–water partition coefficient (Wildman–Crippen LogP) is 0.805. The molecule has 5 nitrogen and oxygen atoms in total. The van der Waals surface area contributed by atoms with E-state index in [-0.39, 0.29) is 12.2 Å². The predicted molar refractivity (Wildman–Crippen MR) is 69.8 cm³/mol. The van der Waals surface area contributed by atoms with Crippen LogP contribution in [0.25, 0.3) is 0 Å². The van der Waals surface area contributed by atoms with Crippen LogP contribution in [-0.2, 0) is 16.5 Å². The average molecular weight is 273 g/mol. The van der Waals surface area contributed by atoms with Crippen LogP contribution >= 0.6 is 0 Å². The van der Waals surface area contributed by atoms with Crippen LogP contribution in [0.2, 0.25) is 0 Å². The standard InChI is InChI=1S/C12H19NO4S/c14-12(13-9-4-10-18(15,16)17)8-7-11-5-2-1-3-6-11/h1-3,5-6,12-14H,4,7-10H2,(H,15,16,17)/t12-/m0/s1. The van der Waals surface area contributed by atoms with E-state index in [1.807, 2.05) is 30.3 Å². The molecule has 0 spiro atoms. The highest BCUT2D eigenvalue weighted by Crippen LogP contribution is 2.03. The summed E-state index contributed by atoms with van der Waals surface area (Å²) in [6.07, 6.45) is 0.941. The first kappa shape index (κ1) is 15.1. The van der Waals surface area contributed by atoms with Crippen LogP contribution in [0.15, 0.2) is 30.3 Å². The van der Waals surface area contributed by atoms with Crippen LogP contribution in [-0.4, -0.2) is 36.6 Å². The van der Waals surface area contributed by atoms with E-state index in [0.717, 1.165) is 12.0 Å². The Morgan fingerprint density at radius 1 is 1.22 bits per heavy atom. The van der Waals surface area contributed by atoms with Gasteiger partial charge < -0.3 is 5.11 Å². The molecule has 3 N–H and O–H groups in total. The van der Waals surface area contributed by atoms with Crippen LogP contribution in [0.5, 0.6) is 0 Å². The molecule has 18 heavy (non-hydrogen) atoms. The summed E-state index contributed by atoms with van der Waals surface area (Å²) in [6.45, 7) is 0.357. The Hall–Kier alpha value is -0.950. The van der Waals surface area contributed by atoms with Gasteiger partial charge >= 0.3 is 0 Å². The van der Waals surface area contributed by atoms with Crippen molar-refractivity contribution in [1.82, 2.24) is 5.32 Å². The maximum Gasteiger partial charge on any atom is 0.264 e. The highest BCUT2D eigenvalue weighted by Gasteiger charge is 2.06. The minimum Gasteiger partial charge on any atom is -0.379 e. The molecule has 1 aromatic carbocycles. The molecule has 102 valence electrons. The van der Waals surface area contributed by atoms with Crippen molar-refractivity contribution in [3.63, 3.8) is 0 Å². The van der Waals surface area contributed by atoms with Crippen LogP contribution in [0.1, 0.15) is 18.4 Å². The van der Waals surface area contributed by atoms with Gasteiger partial charge in [-0.1, -0.05) is 30.3 Å². The number of aliphatic hydroxyl groups is 1. The van der Waals surface area contributed by atoms with E-state index in [4.69, 9.17) is 4.55 Å². The first-order chi connectivity index (χ1) is 8.47. The number of aliphatic hydroxyl groups excluding tert-OH is 1. The van der Waals surface area contributed by atoms with Crippen molar-refractivity contribution in [2.24, 2.45) is 0 Å². The highest BCUT2D eigenvalue weighted by molar-refractivity contribution is 7.85. The maximum atomic E-state index is 10.5. The number of hydrogen-bond donors (Lipinski definition) is 3. The van der Waals surface area contributed by atoms with Crippen molar-refractivity contribution >= 4 is 10.1 Å². The second-order valence-electron chi connectivity index (χ2n) is 4.13. The molecule has 0 aliphatic carbocycles. The van der Waals surface area contributed by atoms with E-state index in [2.05, 4.69) is 5.32 Å². The molecule has 0 aliphatic rings. The van der Waals surface area contributed by atoms with Gasteiger partial charge in [-0.25, -0.2) is 0 Å². The number of rotatable bonds is 8. The summed E-state index contributed by atoms with van der Waals surface area (Å²) >= 11 is 0. The Labute approximate surface area is 108 Å². The molecule has 0 unspecified atom stereocenters. The van der Waals surface area contributed by atoms with Gasteiger partial charge in [0, 0.05) is 0 Å². The monoisotopic (exact) mass is 273 g/mol. The van der Waals surface area contributed by atoms with E-state index in [0.29, 0.717) is 13.0 Å². The lowest BCUT2D eigenvalue weighted by Crippen LogP contribution is -2.31. The summed E-state index contributed by atoms with van der Waals surface area (Å²) < 4.78 is 29.4. The summed E-state index contributed by atoms with van der Waals surface area (Å²) in [7, 11) is -3.90. The molecule has 0 fully saturated rings. The second kappa shape index (κ2) is 7.48. The Morgan fingerprint density at radius 3 is 2.50 bits per heavy atom. The highest BCUT2D eigenvalue weighted by atomic mass is 32.2. The van der Waals surface area contributed by atoms with Crippen LogP contribution in [0, 0.1) is 0 Å². The lowest BCUT2D eigenvalue weighted by molar-refractivity contribution is 0.128. The van der Waals surface area contributed by atoms with E-state index >= 15 is 0 Å². The second-order valence-corrected chi connectivity index (χ2v) is 5.71. The molecule has 0 amide bonds. The molecule has 0 radical (unpaired) electrons. The normalized spacial score (nSPS) is 13.4. The zero-order chi connectivity index (χ0) is 13.4. The van der Waals surface area contributed by atoms with Gasteiger partial charge in [0.1, 0.15) is 6.23 Å². The number of nitrogens with one attached hydrogen (secondary N) is 1. The fraction of sp³-hybridized carbons (Fsp3) is 0.500. The molecular formula is C12H19NO4S. The van der Waals surface area contributed by atoms with Crippen LogP contribution in [0.4, 0.5) is 0 Å². The minimum absolute atomic E-state index is 0.279. The molecular weight excluding hydrogens is 254 g/mol. The fourth-order valence-electron chi connectivity index (χ4n) is 1.57. The Kier molecular flexibility index (Phi) is 6.28. The molecule has 1 atom stereocenters. The fourth-order valence-corrected chi connectivity index (χ4v) is 2.08. The summed E-state index contributed by atoms with van der Waals surface area (Å²) in [6, 6.07) is 9.81. The number of hydrogen-bond acceptors (Lipinski definition) is 4. The first-order valence-corrected chi connectivity index (χ1v) is 7.49. The first-order valence-electron chi connectivity index (χ1n) is 5.88. The lowest BCUT2D eigenvalue weighted by atomic mass is 10.1. The molecule has 0 saturated heterocycles. The quantitative estimate of drug-likeness (QED) is 0.370. The van der Waals surface area contributed by atoms with Crippen molar-refractivity contribution < 1.29 is 18.1 Å². The van der Waals surface area contributed by atoms with Gasteiger partial charge in [0.25, 0.3) is 10.1 Å². The summed E-state index contributed by atoms with van der Waals surface area (Å²) in [4.78, 5) is 0. The van der Waals surface area contributed by atoms with E-state index in [1.54, 1.807) is 0 Å². The Morgan fingerprint density at radius 2 is 1.89 bits per heavy atom. The Bertz CT molecular complexity index is 433. The molecule has 0 saturated carbocycles. The zero-order valence-corrected chi connectivity index (χ0v) is 10.9. The molecule has 0 heterocycles. The third kappa shape index (κ3) is 7.39. The topological polar surface area (TPSA) is 86.6 Å². The van der Waals surface area contributed by atoms with Gasteiger partial charge in [0.2, 0.25) is 0 Å². The molecule has 1 aromatic rings. The molecule has 1 rings (SSSR count). The van der Waals surface area contributed by atoms with Gasteiger partial charge in [0.05, 0.1) is 5.75 Å². The summed E-state index contributed by atoms with van der Waals surface area (Å²) in [5, 5.41) is 12.4. The van der Waals surface area contributed by atoms with Crippen molar-refractivity contribution in [2.45, 2.75) is 25.5 Å². The van der Waals surface area contributed by atoms with Crippen molar-refractivity contribution in [1.29, 1.82) is 0 Å². The van der Waals surface area contributed by atoms with E-state index < -0.39 is 16.3 Å². The van der Waals surface area contributed by atoms with Crippen molar-refractivity contribution in [3.05, 3.63) is 35.9 Å². The number of aryl methyl sites for hydroxylation is 1. The van der Waals surface area contributed by atoms with Gasteiger partial charge in [0.15, 0.2) is 0 Å². The third-order valence-electron chi connectivity index (χ3n) is 2.51. The zero-order valence-electron chi connectivity index (χ0n) is 10.1. The van der Waals surface area contributed by atoms with Crippen molar-refractivity contribution in [3.8, 4) is 0 Å². The average Bonchev–Trinajstić information content (AvgIpc) is 2.32. The summed E-state index contributed by atoms with van der Waals surface area (Å²) in [5.74, 6) is -0.286. The largest absolute Gasteiger partial charge is 0.379 e. The van der Waals surface area contributed by atoms with Crippen LogP contribution in [0.3, 0.4) is 0 Å². The van der Waals surface area contributed by atoms with Gasteiger partial charge in [-0.15, -0.1) is 0 Å².